The number of rotatable bonds is 7. The Morgan fingerprint density at radius 1 is 1.12 bits per heavy atom. The van der Waals surface area contributed by atoms with Crippen LogP contribution in [0.4, 0.5) is 13.2 Å². The summed E-state index contributed by atoms with van der Waals surface area (Å²) in [5.74, 6) is -4.89. The molecule has 2 heterocycles. The van der Waals surface area contributed by atoms with Gasteiger partial charge in [0.15, 0.2) is 0 Å². The number of nitrogens with one attached hydrogen (secondary N) is 1. The highest BCUT2D eigenvalue weighted by molar-refractivity contribution is 8.00. The number of benzene rings is 1. The minimum absolute atomic E-state index is 0.142. The van der Waals surface area contributed by atoms with Crippen molar-refractivity contribution in [3.05, 3.63) is 29.8 Å². The summed E-state index contributed by atoms with van der Waals surface area (Å²) < 4.78 is 36.9. The zero-order valence-electron chi connectivity index (χ0n) is 23.1. The highest BCUT2D eigenvalue weighted by atomic mass is 32.2. The van der Waals surface area contributed by atoms with Gasteiger partial charge in [0.1, 0.15) is 5.54 Å². The molecule has 0 radical (unpaired) electrons. The first kappa shape index (κ1) is 31.9. The SMILES string of the molecule is CCN1C(=O)[C@H]2[C@@H](c3ccc(SC4CCCCC4)cc3)N[C@@](CC(C)C)(C(=O)OC)[C@H]2C1=O.O=C(O)C(F)(F)F. The lowest BCUT2D eigenvalue weighted by molar-refractivity contribution is -0.192. The molecule has 2 N–H and O–H groups in total. The highest BCUT2D eigenvalue weighted by Crippen LogP contribution is 2.51. The summed E-state index contributed by atoms with van der Waals surface area (Å²) in [5, 5.41) is 11.3. The van der Waals surface area contributed by atoms with Crippen LogP contribution in [0.1, 0.15) is 70.9 Å². The number of alkyl halides is 3. The molecule has 12 heteroatoms. The number of halogens is 3. The van der Waals surface area contributed by atoms with Crippen LogP contribution in [-0.4, -0.2) is 64.4 Å². The van der Waals surface area contributed by atoms with Crippen LogP contribution < -0.4 is 5.32 Å². The maximum Gasteiger partial charge on any atom is 0.490 e. The van der Waals surface area contributed by atoms with Gasteiger partial charge in [0.25, 0.3) is 0 Å². The summed E-state index contributed by atoms with van der Waals surface area (Å²) in [4.78, 5) is 51.3. The topological polar surface area (TPSA) is 113 Å². The van der Waals surface area contributed by atoms with E-state index in [1.54, 1.807) is 6.92 Å². The van der Waals surface area contributed by atoms with Crippen molar-refractivity contribution in [2.24, 2.45) is 17.8 Å². The molecule has 2 amide bonds. The van der Waals surface area contributed by atoms with Crippen molar-refractivity contribution in [2.75, 3.05) is 13.7 Å². The Labute approximate surface area is 236 Å². The number of esters is 1. The highest BCUT2D eigenvalue weighted by Gasteiger charge is 2.68. The predicted octanol–water partition coefficient (Wildman–Crippen LogP) is 4.97. The van der Waals surface area contributed by atoms with Gasteiger partial charge in [-0.3, -0.25) is 24.6 Å². The number of nitrogens with zero attached hydrogens (tertiary/aromatic N) is 1. The molecule has 0 unspecified atom stereocenters. The predicted molar refractivity (Wildman–Crippen MR) is 142 cm³/mol. The summed E-state index contributed by atoms with van der Waals surface area (Å²) in [6.07, 6.45) is 1.83. The van der Waals surface area contributed by atoms with Gasteiger partial charge in [0, 0.05) is 22.7 Å². The van der Waals surface area contributed by atoms with E-state index >= 15 is 0 Å². The first-order valence-electron chi connectivity index (χ1n) is 13.5. The molecule has 0 aromatic heterocycles. The van der Waals surface area contributed by atoms with Gasteiger partial charge >= 0.3 is 18.1 Å². The van der Waals surface area contributed by atoms with E-state index < -0.39 is 41.5 Å². The lowest BCUT2D eigenvalue weighted by Gasteiger charge is -2.33. The largest absolute Gasteiger partial charge is 0.490 e. The fourth-order valence-corrected chi connectivity index (χ4v) is 7.32. The van der Waals surface area contributed by atoms with Gasteiger partial charge in [-0.2, -0.15) is 13.2 Å². The number of ether oxygens (including phenoxy) is 1. The number of likely N-dealkylation sites (tertiary alicyclic amines) is 1. The number of hydrogen-bond acceptors (Lipinski definition) is 7. The van der Waals surface area contributed by atoms with E-state index in [1.165, 1.54) is 49.0 Å². The monoisotopic (exact) mass is 586 g/mol. The molecular formula is C28H37F3N2O6S. The first-order chi connectivity index (χ1) is 18.8. The number of thioether (sulfide) groups is 1. The molecule has 0 spiro atoms. The number of aliphatic carboxylic acids is 1. The van der Waals surface area contributed by atoms with Crippen molar-refractivity contribution >= 4 is 35.5 Å². The summed E-state index contributed by atoms with van der Waals surface area (Å²) in [7, 11) is 1.35. The van der Waals surface area contributed by atoms with Crippen LogP contribution >= 0.6 is 11.8 Å². The molecule has 8 nitrogen and oxygen atoms in total. The zero-order chi connectivity index (χ0) is 29.8. The van der Waals surface area contributed by atoms with Crippen molar-refractivity contribution in [3.8, 4) is 0 Å². The third-order valence-corrected chi connectivity index (χ3v) is 9.03. The van der Waals surface area contributed by atoms with Crippen molar-refractivity contribution in [3.63, 3.8) is 0 Å². The van der Waals surface area contributed by atoms with Crippen molar-refractivity contribution < 1.29 is 42.2 Å². The number of carbonyl (C=O) groups is 4. The Hall–Kier alpha value is -2.60. The lowest BCUT2D eigenvalue weighted by Crippen LogP contribution is -2.57. The van der Waals surface area contributed by atoms with Crippen LogP contribution in [0.5, 0.6) is 0 Å². The van der Waals surface area contributed by atoms with Gasteiger partial charge in [0.05, 0.1) is 18.9 Å². The van der Waals surface area contributed by atoms with Gasteiger partial charge < -0.3 is 9.84 Å². The molecule has 2 aliphatic heterocycles. The second-order valence-electron chi connectivity index (χ2n) is 10.9. The van der Waals surface area contributed by atoms with Gasteiger partial charge in [-0.1, -0.05) is 45.2 Å². The van der Waals surface area contributed by atoms with E-state index in [4.69, 9.17) is 14.6 Å². The van der Waals surface area contributed by atoms with Crippen molar-refractivity contribution in [2.45, 2.75) is 87.2 Å². The number of imide groups is 1. The van der Waals surface area contributed by atoms with Crippen LogP contribution in [0, 0.1) is 17.8 Å². The van der Waals surface area contributed by atoms with Crippen molar-refractivity contribution in [1.29, 1.82) is 0 Å². The summed E-state index contributed by atoms with van der Waals surface area (Å²) in [6, 6.07) is 7.92. The molecule has 3 aliphatic rings. The average Bonchev–Trinajstić information content (AvgIpc) is 3.37. The summed E-state index contributed by atoms with van der Waals surface area (Å²) in [5.41, 5.74) is -0.267. The summed E-state index contributed by atoms with van der Waals surface area (Å²) in [6.45, 7) is 6.15. The van der Waals surface area contributed by atoms with Crippen LogP contribution in [0.15, 0.2) is 29.2 Å². The minimum Gasteiger partial charge on any atom is -0.475 e. The number of amides is 2. The smallest absolute Gasteiger partial charge is 0.475 e. The van der Waals surface area contributed by atoms with E-state index in [0.717, 1.165) is 5.56 Å². The molecular weight excluding hydrogens is 549 g/mol. The zero-order valence-corrected chi connectivity index (χ0v) is 23.9. The summed E-state index contributed by atoms with van der Waals surface area (Å²) >= 11 is 1.93. The Bertz CT molecular complexity index is 1090. The molecule has 222 valence electrons. The van der Waals surface area contributed by atoms with Crippen molar-refractivity contribution in [1.82, 2.24) is 10.2 Å². The molecule has 2 saturated heterocycles. The van der Waals surface area contributed by atoms with E-state index in [0.29, 0.717) is 18.2 Å². The Balaban J connectivity index is 0.000000559. The average molecular weight is 587 g/mol. The number of methoxy groups -OCH3 is 1. The van der Waals surface area contributed by atoms with E-state index in [-0.39, 0.29) is 17.7 Å². The Kier molecular flexibility index (Phi) is 10.3. The number of carboxylic acid groups (broad SMARTS) is 1. The quantitative estimate of drug-likeness (QED) is 0.340. The fraction of sp³-hybridized carbons (Fsp3) is 0.643. The molecule has 1 aromatic rings. The molecule has 3 fully saturated rings. The second-order valence-corrected chi connectivity index (χ2v) is 12.2. The van der Waals surface area contributed by atoms with Gasteiger partial charge in [0.2, 0.25) is 11.8 Å². The fourth-order valence-electron chi connectivity index (χ4n) is 6.07. The van der Waals surface area contributed by atoms with Crippen LogP contribution in [0.2, 0.25) is 0 Å². The molecule has 40 heavy (non-hydrogen) atoms. The van der Waals surface area contributed by atoms with Crippen LogP contribution in [0.3, 0.4) is 0 Å². The van der Waals surface area contributed by atoms with Gasteiger partial charge in [-0.25, -0.2) is 4.79 Å². The third-order valence-electron chi connectivity index (χ3n) is 7.68. The Morgan fingerprint density at radius 2 is 1.70 bits per heavy atom. The molecule has 1 saturated carbocycles. The lowest BCUT2D eigenvalue weighted by atomic mass is 9.75. The second kappa shape index (κ2) is 12.9. The number of hydrogen-bond donors (Lipinski definition) is 2. The van der Waals surface area contributed by atoms with E-state index in [2.05, 4.69) is 29.6 Å². The number of carbonyl (C=O) groups excluding carboxylic acids is 3. The van der Waals surface area contributed by atoms with Gasteiger partial charge in [-0.05, 0) is 49.8 Å². The number of fused-ring (bicyclic) bond motifs is 1. The Morgan fingerprint density at radius 3 is 2.17 bits per heavy atom. The van der Waals surface area contributed by atoms with E-state index in [1.807, 2.05) is 25.6 Å². The molecule has 0 bridgehead atoms. The van der Waals surface area contributed by atoms with Crippen LogP contribution in [-0.2, 0) is 23.9 Å². The maximum atomic E-state index is 13.4. The number of carboxylic acids is 1. The normalized spacial score (nSPS) is 26.9. The standard InChI is InChI=1S/C26H36N2O4S.C2HF3O2/c1-5-28-23(29)20-21(24(28)30)26(15-16(2)3,25(31)32-4)27-22(20)17-11-13-19(14-12-17)33-18-9-7-6-8-10-18;3-2(4,5)1(6)7/h11-14,16,18,20-22,27H,5-10,15H2,1-4H3;(H,6,7)/t20-,21-,22-,26-;/m1./s1. The molecule has 1 aliphatic carbocycles. The first-order valence-corrected chi connectivity index (χ1v) is 14.4. The van der Waals surface area contributed by atoms with Gasteiger partial charge in [-0.15, -0.1) is 11.8 Å². The maximum absolute atomic E-state index is 13.4. The molecule has 1 aromatic carbocycles. The molecule has 4 rings (SSSR count). The van der Waals surface area contributed by atoms with Crippen LogP contribution in [0.25, 0.3) is 0 Å². The van der Waals surface area contributed by atoms with E-state index in [9.17, 15) is 27.6 Å². The minimum atomic E-state index is -5.08. The molecule has 4 atom stereocenters. The third kappa shape index (κ3) is 6.64.